The van der Waals surface area contributed by atoms with Crippen LogP contribution in [-0.2, 0) is 4.74 Å². The molecule has 1 aliphatic carbocycles. The van der Waals surface area contributed by atoms with Gasteiger partial charge in [0, 0.05) is 7.11 Å². The topological polar surface area (TPSA) is 29.5 Å². The number of aliphatic hydroxyl groups is 1. The molecule has 0 aliphatic heterocycles. The number of aliphatic hydroxyl groups excluding tert-OH is 1. The van der Waals surface area contributed by atoms with Gasteiger partial charge in [0.1, 0.15) is 0 Å². The lowest BCUT2D eigenvalue weighted by Gasteiger charge is -2.29. The standard InChI is InChI=1S/C13H26O2/c1-10(2)13(15-3)12(14)9-11-7-5-4-6-8-11/h10-14H,4-9H2,1-3H3. The summed E-state index contributed by atoms with van der Waals surface area (Å²) in [7, 11) is 1.70. The summed E-state index contributed by atoms with van der Waals surface area (Å²) in [5.41, 5.74) is 0. The molecule has 1 aliphatic rings. The monoisotopic (exact) mass is 214 g/mol. The minimum Gasteiger partial charge on any atom is -0.390 e. The molecule has 1 fully saturated rings. The molecule has 0 bridgehead atoms. The van der Waals surface area contributed by atoms with Gasteiger partial charge in [0.05, 0.1) is 12.2 Å². The van der Waals surface area contributed by atoms with Gasteiger partial charge >= 0.3 is 0 Å². The maximum atomic E-state index is 10.1. The molecule has 0 saturated heterocycles. The van der Waals surface area contributed by atoms with Crippen molar-refractivity contribution in [3.05, 3.63) is 0 Å². The van der Waals surface area contributed by atoms with Crippen LogP contribution in [0.4, 0.5) is 0 Å². The third-order valence-electron chi connectivity index (χ3n) is 3.61. The Morgan fingerprint density at radius 2 is 1.80 bits per heavy atom. The number of hydrogen-bond donors (Lipinski definition) is 1. The second kappa shape index (κ2) is 6.49. The highest BCUT2D eigenvalue weighted by molar-refractivity contribution is 4.77. The molecule has 1 N–H and O–H groups in total. The lowest BCUT2D eigenvalue weighted by atomic mass is 9.83. The fraction of sp³-hybridized carbons (Fsp3) is 1.00. The van der Waals surface area contributed by atoms with Crippen LogP contribution in [0.15, 0.2) is 0 Å². The van der Waals surface area contributed by atoms with Crippen molar-refractivity contribution in [2.24, 2.45) is 11.8 Å². The van der Waals surface area contributed by atoms with E-state index < -0.39 is 0 Å². The van der Waals surface area contributed by atoms with Crippen LogP contribution in [0.25, 0.3) is 0 Å². The Hall–Kier alpha value is -0.0800. The summed E-state index contributed by atoms with van der Waals surface area (Å²) in [6.45, 7) is 4.22. The van der Waals surface area contributed by atoms with Gasteiger partial charge in [-0.2, -0.15) is 0 Å². The Labute approximate surface area is 94.0 Å². The van der Waals surface area contributed by atoms with Crippen LogP contribution in [0.5, 0.6) is 0 Å². The molecule has 90 valence electrons. The Kier molecular flexibility index (Phi) is 5.62. The van der Waals surface area contributed by atoms with Gasteiger partial charge in [-0.15, -0.1) is 0 Å². The SMILES string of the molecule is COC(C(C)C)C(O)CC1CCCCC1. The minimum atomic E-state index is -0.280. The van der Waals surface area contributed by atoms with Crippen LogP contribution in [0, 0.1) is 11.8 Å². The summed E-state index contributed by atoms with van der Waals surface area (Å²) in [5.74, 6) is 1.12. The van der Waals surface area contributed by atoms with E-state index in [2.05, 4.69) is 13.8 Å². The van der Waals surface area contributed by atoms with Crippen molar-refractivity contribution in [2.75, 3.05) is 7.11 Å². The zero-order valence-corrected chi connectivity index (χ0v) is 10.4. The number of hydrogen-bond acceptors (Lipinski definition) is 2. The van der Waals surface area contributed by atoms with Crippen molar-refractivity contribution in [2.45, 2.75) is 64.6 Å². The molecular weight excluding hydrogens is 188 g/mol. The first kappa shape index (κ1) is 13.0. The van der Waals surface area contributed by atoms with Crippen LogP contribution >= 0.6 is 0 Å². The smallest absolute Gasteiger partial charge is 0.0853 e. The van der Waals surface area contributed by atoms with E-state index in [0.29, 0.717) is 5.92 Å². The highest BCUT2D eigenvalue weighted by Crippen LogP contribution is 2.29. The van der Waals surface area contributed by atoms with Crippen LogP contribution in [0.2, 0.25) is 0 Å². The van der Waals surface area contributed by atoms with Gasteiger partial charge in [-0.1, -0.05) is 46.0 Å². The third-order valence-corrected chi connectivity index (χ3v) is 3.61. The van der Waals surface area contributed by atoms with Crippen LogP contribution in [0.1, 0.15) is 52.4 Å². The highest BCUT2D eigenvalue weighted by Gasteiger charge is 2.25. The molecule has 1 saturated carbocycles. The maximum Gasteiger partial charge on any atom is 0.0853 e. The van der Waals surface area contributed by atoms with Crippen molar-refractivity contribution in [3.8, 4) is 0 Å². The number of ether oxygens (including phenoxy) is 1. The van der Waals surface area contributed by atoms with Gasteiger partial charge in [-0.05, 0) is 18.3 Å². The van der Waals surface area contributed by atoms with Gasteiger partial charge in [-0.3, -0.25) is 0 Å². The van der Waals surface area contributed by atoms with Gasteiger partial charge in [-0.25, -0.2) is 0 Å². The van der Waals surface area contributed by atoms with E-state index in [4.69, 9.17) is 4.74 Å². The first-order valence-corrected chi connectivity index (χ1v) is 6.36. The zero-order chi connectivity index (χ0) is 11.3. The average molecular weight is 214 g/mol. The van der Waals surface area contributed by atoms with Crippen molar-refractivity contribution in [1.82, 2.24) is 0 Å². The Bertz CT molecular complexity index is 162. The molecular formula is C13H26O2. The van der Waals surface area contributed by atoms with Crippen molar-refractivity contribution in [1.29, 1.82) is 0 Å². The van der Waals surface area contributed by atoms with Crippen LogP contribution in [-0.4, -0.2) is 24.4 Å². The summed E-state index contributed by atoms with van der Waals surface area (Å²) in [5, 5.41) is 10.1. The summed E-state index contributed by atoms with van der Waals surface area (Å²) >= 11 is 0. The Morgan fingerprint density at radius 1 is 1.20 bits per heavy atom. The van der Waals surface area contributed by atoms with Crippen LogP contribution in [0.3, 0.4) is 0 Å². The van der Waals surface area contributed by atoms with E-state index in [1.165, 1.54) is 32.1 Å². The fourth-order valence-electron chi connectivity index (χ4n) is 2.77. The second-order valence-electron chi connectivity index (χ2n) is 5.25. The molecule has 0 spiro atoms. The molecule has 15 heavy (non-hydrogen) atoms. The van der Waals surface area contributed by atoms with Gasteiger partial charge in [0.2, 0.25) is 0 Å². The molecule has 0 aromatic heterocycles. The summed E-state index contributed by atoms with van der Waals surface area (Å²) in [6, 6.07) is 0. The fourth-order valence-corrected chi connectivity index (χ4v) is 2.77. The quantitative estimate of drug-likeness (QED) is 0.762. The normalized spacial score (nSPS) is 23.0. The lowest BCUT2D eigenvalue weighted by molar-refractivity contribution is -0.0488. The molecule has 2 atom stereocenters. The first-order valence-electron chi connectivity index (χ1n) is 6.36. The Balaban J connectivity index is 2.34. The van der Waals surface area contributed by atoms with Crippen LogP contribution < -0.4 is 0 Å². The maximum absolute atomic E-state index is 10.1. The lowest BCUT2D eigenvalue weighted by Crippen LogP contribution is -2.34. The molecule has 0 heterocycles. The predicted molar refractivity (Wildman–Crippen MR) is 62.8 cm³/mol. The minimum absolute atomic E-state index is 0.00641. The zero-order valence-electron chi connectivity index (χ0n) is 10.4. The van der Waals surface area contributed by atoms with E-state index in [1.807, 2.05) is 0 Å². The molecule has 0 radical (unpaired) electrons. The van der Waals surface area contributed by atoms with Crippen molar-refractivity contribution < 1.29 is 9.84 Å². The van der Waals surface area contributed by atoms with Crippen molar-refractivity contribution in [3.63, 3.8) is 0 Å². The van der Waals surface area contributed by atoms with Gasteiger partial charge < -0.3 is 9.84 Å². The van der Waals surface area contributed by atoms with E-state index in [1.54, 1.807) is 7.11 Å². The summed E-state index contributed by atoms with van der Waals surface area (Å²) < 4.78 is 5.37. The summed E-state index contributed by atoms with van der Waals surface area (Å²) in [4.78, 5) is 0. The van der Waals surface area contributed by atoms with Gasteiger partial charge in [0.15, 0.2) is 0 Å². The van der Waals surface area contributed by atoms with Crippen molar-refractivity contribution >= 4 is 0 Å². The first-order chi connectivity index (χ1) is 7.15. The second-order valence-corrected chi connectivity index (χ2v) is 5.25. The largest absolute Gasteiger partial charge is 0.390 e. The molecule has 1 rings (SSSR count). The van der Waals surface area contributed by atoms with E-state index in [0.717, 1.165) is 12.3 Å². The Morgan fingerprint density at radius 3 is 2.27 bits per heavy atom. The molecule has 2 heteroatoms. The number of rotatable bonds is 5. The predicted octanol–water partition coefficient (Wildman–Crippen LogP) is 2.99. The summed E-state index contributed by atoms with van der Waals surface area (Å²) in [6.07, 6.45) is 7.32. The highest BCUT2D eigenvalue weighted by atomic mass is 16.5. The van der Waals surface area contributed by atoms with E-state index >= 15 is 0 Å². The molecule has 0 aromatic carbocycles. The van der Waals surface area contributed by atoms with E-state index in [9.17, 15) is 5.11 Å². The molecule has 2 unspecified atom stereocenters. The average Bonchev–Trinajstić information content (AvgIpc) is 2.19. The molecule has 2 nitrogen and oxygen atoms in total. The van der Waals surface area contributed by atoms with E-state index in [-0.39, 0.29) is 12.2 Å². The number of methoxy groups -OCH3 is 1. The molecule has 0 aromatic rings. The van der Waals surface area contributed by atoms with Gasteiger partial charge in [0.25, 0.3) is 0 Å². The molecule has 0 amide bonds. The third kappa shape index (κ3) is 4.12.